The maximum absolute atomic E-state index is 10.6. The van der Waals surface area contributed by atoms with Crippen molar-refractivity contribution >= 4 is 16.8 Å². The van der Waals surface area contributed by atoms with Crippen LogP contribution < -0.4 is 10.2 Å². The Morgan fingerprint density at radius 3 is 2.81 bits per heavy atom. The van der Waals surface area contributed by atoms with E-state index in [1.807, 2.05) is 24.3 Å². The Morgan fingerprint density at radius 1 is 1.38 bits per heavy atom. The van der Waals surface area contributed by atoms with Crippen LogP contribution in [0.5, 0.6) is 0 Å². The molecule has 1 aliphatic heterocycles. The lowest BCUT2D eigenvalue weighted by Crippen LogP contribution is -2.43. The number of hydrogen-bond donors (Lipinski definition) is 1. The smallest absolute Gasteiger partial charge is 0.0370 e. The molecule has 0 aromatic heterocycles. The molecule has 2 rings (SSSR count). The van der Waals surface area contributed by atoms with Crippen LogP contribution in [0.25, 0.3) is 0 Å². The van der Waals surface area contributed by atoms with Gasteiger partial charge in [-0.15, -0.1) is 0 Å². The molecule has 1 aromatic rings. The van der Waals surface area contributed by atoms with Gasteiger partial charge in [0.1, 0.15) is 0 Å². The Labute approximate surface area is 97.9 Å². The lowest BCUT2D eigenvalue weighted by molar-refractivity contribution is 0.536. The van der Waals surface area contributed by atoms with Gasteiger partial charge in [0, 0.05) is 37.6 Å². The molecule has 0 amide bonds. The molecule has 16 heavy (non-hydrogen) atoms. The molecule has 1 aromatic carbocycles. The number of piperazine rings is 1. The summed E-state index contributed by atoms with van der Waals surface area (Å²) in [5.74, 6) is 0.0972. The summed E-state index contributed by atoms with van der Waals surface area (Å²) in [6, 6.07) is 7.75. The fourth-order valence-corrected chi connectivity index (χ4v) is 2.35. The molecule has 1 saturated heterocycles. The number of nitrogens with one attached hydrogen (secondary N) is 1. The van der Waals surface area contributed by atoms with Gasteiger partial charge in [0.15, 0.2) is 0 Å². The quantitative estimate of drug-likeness (QED) is 0.779. The van der Waals surface area contributed by atoms with Crippen molar-refractivity contribution in [3.8, 4) is 0 Å². The minimum Gasteiger partial charge on any atom is -0.772 e. The van der Waals surface area contributed by atoms with Gasteiger partial charge in [-0.2, -0.15) is 0 Å². The van der Waals surface area contributed by atoms with Crippen LogP contribution >= 0.6 is 0 Å². The summed E-state index contributed by atoms with van der Waals surface area (Å²) in [5, 5.41) is 3.29. The topological polar surface area (TPSA) is 55.4 Å². The van der Waals surface area contributed by atoms with Crippen LogP contribution in [0.4, 0.5) is 5.69 Å². The predicted octanol–water partition coefficient (Wildman–Crippen LogP) is 0.475. The third-order valence-corrected chi connectivity index (χ3v) is 3.25. The Hall–Kier alpha value is -0.910. The van der Waals surface area contributed by atoms with E-state index in [-0.39, 0.29) is 5.75 Å². The van der Waals surface area contributed by atoms with Gasteiger partial charge in [-0.1, -0.05) is 23.2 Å². The standard InChI is InChI=1S/C11H16N2O2S/c14-16(15)9-10-2-1-3-11(8-10)13-6-4-12-5-7-13/h1-3,8,12H,4-7,9H2,(H,14,15)/p-1. The van der Waals surface area contributed by atoms with Crippen molar-refractivity contribution in [2.45, 2.75) is 5.75 Å². The Kier molecular flexibility index (Phi) is 3.93. The minimum atomic E-state index is -2.01. The number of anilines is 1. The average molecular weight is 239 g/mol. The molecule has 0 saturated carbocycles. The van der Waals surface area contributed by atoms with E-state index >= 15 is 0 Å². The summed E-state index contributed by atoms with van der Waals surface area (Å²) in [4.78, 5) is 2.27. The lowest BCUT2D eigenvalue weighted by atomic mass is 10.2. The Morgan fingerprint density at radius 2 is 2.12 bits per heavy atom. The summed E-state index contributed by atoms with van der Waals surface area (Å²) in [7, 11) is 0. The molecule has 1 N–H and O–H groups in total. The highest BCUT2D eigenvalue weighted by Gasteiger charge is 2.10. The highest BCUT2D eigenvalue weighted by molar-refractivity contribution is 7.78. The number of hydrogen-bond acceptors (Lipinski definition) is 4. The van der Waals surface area contributed by atoms with Crippen LogP contribution in [0, 0.1) is 0 Å². The minimum absolute atomic E-state index is 0.0972. The summed E-state index contributed by atoms with van der Waals surface area (Å²) in [6.07, 6.45) is 0. The van der Waals surface area contributed by atoms with Crippen molar-refractivity contribution in [2.24, 2.45) is 0 Å². The van der Waals surface area contributed by atoms with E-state index in [1.54, 1.807) is 0 Å². The van der Waals surface area contributed by atoms with E-state index in [1.165, 1.54) is 0 Å². The molecule has 5 heteroatoms. The second-order valence-electron chi connectivity index (χ2n) is 3.86. The lowest BCUT2D eigenvalue weighted by Gasteiger charge is -2.29. The van der Waals surface area contributed by atoms with Crippen LogP contribution in [0.1, 0.15) is 5.56 Å². The highest BCUT2D eigenvalue weighted by atomic mass is 32.2. The molecular formula is C11H15N2O2S-. The van der Waals surface area contributed by atoms with E-state index in [0.29, 0.717) is 0 Å². The zero-order valence-corrected chi connectivity index (χ0v) is 9.83. The third-order valence-electron chi connectivity index (χ3n) is 2.68. The van der Waals surface area contributed by atoms with Crippen LogP contribution in [0.3, 0.4) is 0 Å². The highest BCUT2D eigenvalue weighted by Crippen LogP contribution is 2.17. The molecule has 88 valence electrons. The van der Waals surface area contributed by atoms with Crippen molar-refractivity contribution in [2.75, 3.05) is 31.1 Å². The van der Waals surface area contributed by atoms with Crippen LogP contribution in [-0.4, -0.2) is 34.9 Å². The average Bonchev–Trinajstić information content (AvgIpc) is 2.30. The van der Waals surface area contributed by atoms with E-state index in [9.17, 15) is 8.76 Å². The van der Waals surface area contributed by atoms with Crippen molar-refractivity contribution in [3.05, 3.63) is 29.8 Å². The maximum atomic E-state index is 10.6. The molecule has 0 radical (unpaired) electrons. The first-order valence-electron chi connectivity index (χ1n) is 5.36. The van der Waals surface area contributed by atoms with Crippen LogP contribution in [0.2, 0.25) is 0 Å². The second-order valence-corrected chi connectivity index (χ2v) is 4.75. The maximum Gasteiger partial charge on any atom is 0.0370 e. The summed E-state index contributed by atoms with van der Waals surface area (Å²) >= 11 is -2.01. The summed E-state index contributed by atoms with van der Waals surface area (Å²) in [6.45, 7) is 3.92. The monoisotopic (exact) mass is 239 g/mol. The number of benzene rings is 1. The molecule has 1 fully saturated rings. The van der Waals surface area contributed by atoms with Crippen LogP contribution in [0.15, 0.2) is 24.3 Å². The Bertz CT molecular complexity index is 378. The summed E-state index contributed by atoms with van der Waals surface area (Å²) in [5.41, 5.74) is 1.97. The van der Waals surface area contributed by atoms with Gasteiger partial charge in [-0.05, 0) is 17.7 Å². The molecule has 1 unspecified atom stereocenters. The first-order chi connectivity index (χ1) is 7.75. The molecule has 1 heterocycles. The van der Waals surface area contributed by atoms with Gasteiger partial charge in [0.25, 0.3) is 0 Å². The van der Waals surface area contributed by atoms with E-state index in [0.717, 1.165) is 37.4 Å². The third kappa shape index (κ3) is 3.04. The first kappa shape index (κ1) is 11.6. The second kappa shape index (κ2) is 5.43. The van der Waals surface area contributed by atoms with Crippen molar-refractivity contribution in [1.82, 2.24) is 5.32 Å². The molecule has 1 atom stereocenters. The van der Waals surface area contributed by atoms with Gasteiger partial charge in [0.2, 0.25) is 0 Å². The van der Waals surface area contributed by atoms with Crippen molar-refractivity contribution < 1.29 is 8.76 Å². The molecule has 4 nitrogen and oxygen atoms in total. The molecule has 0 aliphatic carbocycles. The largest absolute Gasteiger partial charge is 0.772 e. The fraction of sp³-hybridized carbons (Fsp3) is 0.455. The van der Waals surface area contributed by atoms with E-state index < -0.39 is 11.1 Å². The Balaban J connectivity index is 2.11. The van der Waals surface area contributed by atoms with E-state index in [4.69, 9.17) is 0 Å². The molecular weight excluding hydrogens is 224 g/mol. The van der Waals surface area contributed by atoms with Gasteiger partial charge >= 0.3 is 0 Å². The fourth-order valence-electron chi connectivity index (χ4n) is 1.90. The van der Waals surface area contributed by atoms with Gasteiger partial charge in [0.05, 0.1) is 0 Å². The van der Waals surface area contributed by atoms with Gasteiger partial charge in [-0.25, -0.2) is 0 Å². The molecule has 0 spiro atoms. The van der Waals surface area contributed by atoms with Crippen LogP contribution in [-0.2, 0) is 16.8 Å². The summed E-state index contributed by atoms with van der Waals surface area (Å²) < 4.78 is 21.3. The zero-order valence-electron chi connectivity index (χ0n) is 9.02. The first-order valence-corrected chi connectivity index (χ1v) is 6.60. The zero-order chi connectivity index (χ0) is 11.4. The molecule has 1 aliphatic rings. The predicted molar refractivity (Wildman–Crippen MR) is 64.1 cm³/mol. The van der Waals surface area contributed by atoms with Gasteiger partial charge in [-0.3, -0.25) is 4.21 Å². The normalized spacial score (nSPS) is 18.4. The SMILES string of the molecule is O=S([O-])Cc1cccc(N2CCNCC2)c1. The molecule has 0 bridgehead atoms. The van der Waals surface area contributed by atoms with Gasteiger partial charge < -0.3 is 14.8 Å². The number of rotatable bonds is 3. The van der Waals surface area contributed by atoms with E-state index in [2.05, 4.69) is 10.2 Å². The van der Waals surface area contributed by atoms with Crippen molar-refractivity contribution in [3.63, 3.8) is 0 Å². The van der Waals surface area contributed by atoms with Crippen molar-refractivity contribution in [1.29, 1.82) is 0 Å². The number of nitrogens with zero attached hydrogens (tertiary/aromatic N) is 1.